The quantitative estimate of drug-likeness (QED) is 0.0953. The second-order valence-electron chi connectivity index (χ2n) is 14.0. The Kier molecular flexibility index (Phi) is 12.7. The Labute approximate surface area is 296 Å². The molecule has 4 rings (SSSR count). The Hall–Kier alpha value is -3.14. The molecule has 0 amide bonds. The molecule has 3 heterocycles. The molecule has 1 saturated heterocycles. The molecule has 50 heavy (non-hydrogen) atoms. The zero-order valence-electron chi connectivity index (χ0n) is 29.4. The van der Waals surface area contributed by atoms with E-state index in [-0.39, 0.29) is 17.9 Å². The van der Waals surface area contributed by atoms with Crippen LogP contribution in [0.4, 0.5) is 5.82 Å². The molecule has 1 unspecified atom stereocenters. The number of halogens is 1. The summed E-state index contributed by atoms with van der Waals surface area (Å²) in [6.45, 7) is 10.0. The molecule has 0 saturated carbocycles. The number of aliphatic hydroxyl groups is 2. The van der Waals surface area contributed by atoms with Crippen molar-refractivity contribution in [3.8, 4) is 0 Å². The van der Waals surface area contributed by atoms with Crippen LogP contribution in [-0.2, 0) is 42.1 Å². The Morgan fingerprint density at radius 1 is 0.980 bits per heavy atom. The number of aromatic nitrogens is 3. The van der Waals surface area contributed by atoms with Crippen LogP contribution in [0.1, 0.15) is 66.3 Å². The predicted octanol–water partition coefficient (Wildman–Crippen LogP) is 5.20. The molecule has 276 valence electrons. The second-order valence-corrected chi connectivity index (χ2v) is 16.3. The Bertz CT molecular complexity index is 1640. The summed E-state index contributed by atoms with van der Waals surface area (Å²) >= 11 is 6.37. The minimum atomic E-state index is -4.19. The van der Waals surface area contributed by atoms with Crippen LogP contribution in [0.25, 0.3) is 11.0 Å². The fraction of sp³-hybridized carbons (Fsp3) is 0.576. The first-order valence-corrected chi connectivity index (χ1v) is 18.1. The normalized spacial score (nSPS) is 20.5. The average Bonchev–Trinajstić information content (AvgIpc) is 3.59. The minimum Gasteiger partial charge on any atom is -0.438 e. The maximum Gasteiger partial charge on any atom is 0.361 e. The number of anilines is 1. The van der Waals surface area contributed by atoms with Gasteiger partial charge < -0.3 is 38.6 Å². The first-order chi connectivity index (χ1) is 23.3. The van der Waals surface area contributed by atoms with Gasteiger partial charge in [-0.15, -0.1) is 0 Å². The summed E-state index contributed by atoms with van der Waals surface area (Å²) in [6.07, 6.45) is -4.06. The lowest BCUT2D eigenvalue weighted by molar-refractivity contribution is -0.162. The fourth-order valence-corrected chi connectivity index (χ4v) is 5.99. The van der Waals surface area contributed by atoms with Crippen molar-refractivity contribution in [3.05, 3.63) is 53.4 Å². The van der Waals surface area contributed by atoms with Crippen molar-refractivity contribution in [2.75, 3.05) is 38.5 Å². The number of hydrogen-bond acceptors (Lipinski definition) is 14. The Morgan fingerprint density at radius 3 is 2.12 bits per heavy atom. The van der Waals surface area contributed by atoms with Crippen molar-refractivity contribution >= 4 is 48.0 Å². The van der Waals surface area contributed by atoms with Crippen LogP contribution >= 0.6 is 19.2 Å². The second kappa shape index (κ2) is 16.0. The van der Waals surface area contributed by atoms with Crippen LogP contribution in [0.3, 0.4) is 0 Å². The van der Waals surface area contributed by atoms with Gasteiger partial charge >= 0.3 is 19.5 Å². The van der Waals surface area contributed by atoms with E-state index in [1.807, 2.05) is 49.2 Å². The number of esters is 2. The van der Waals surface area contributed by atoms with Crippen LogP contribution in [-0.4, -0.2) is 88.6 Å². The number of rotatable bonds is 14. The molecule has 15 nitrogen and oxygen atoms in total. The number of carbonyl (C=O) groups excluding carboxylic acids is 2. The molecule has 3 aromatic rings. The molecule has 1 aliphatic rings. The van der Waals surface area contributed by atoms with Gasteiger partial charge in [0.25, 0.3) is 0 Å². The van der Waals surface area contributed by atoms with Crippen molar-refractivity contribution in [3.63, 3.8) is 0 Å². The molecule has 5 atom stereocenters. The summed E-state index contributed by atoms with van der Waals surface area (Å²) in [4.78, 5) is 35.2. The Morgan fingerprint density at radius 2 is 1.56 bits per heavy atom. The molecule has 0 aliphatic carbocycles. The number of fused-ring (bicyclic) bond motifs is 1. The molecule has 0 spiro atoms. The third kappa shape index (κ3) is 9.59. The summed E-state index contributed by atoms with van der Waals surface area (Å²) in [7, 11) is -2.30. The molecular formula is C33H46ClN4O11P. The summed E-state index contributed by atoms with van der Waals surface area (Å²) in [5.41, 5.74) is -0.262. The van der Waals surface area contributed by atoms with E-state index < -0.39 is 74.8 Å². The molecule has 1 aliphatic heterocycles. The van der Waals surface area contributed by atoms with Crippen molar-refractivity contribution < 1.29 is 52.4 Å². The van der Waals surface area contributed by atoms with Crippen molar-refractivity contribution in [2.24, 2.45) is 10.8 Å². The van der Waals surface area contributed by atoms with Crippen LogP contribution in [0, 0.1) is 10.8 Å². The SMILES string of the molecule is CC(c1ccccc1)N(C)c1nc(Cl)nc2c1ccn2[C@@H]1O[C@H](COCP(=O)(OCOC(=O)C(C)(C)C)OCOC(=O)C(C)(C)C)[C@@H](O)[C@H]1O. The van der Waals surface area contributed by atoms with E-state index in [2.05, 4.69) is 9.97 Å². The lowest BCUT2D eigenvalue weighted by Crippen LogP contribution is -2.34. The topological polar surface area (TPSA) is 181 Å². The first kappa shape index (κ1) is 39.6. The van der Waals surface area contributed by atoms with E-state index in [4.69, 9.17) is 39.6 Å². The highest BCUT2D eigenvalue weighted by Crippen LogP contribution is 2.48. The van der Waals surface area contributed by atoms with Crippen LogP contribution in [0.15, 0.2) is 42.6 Å². The van der Waals surface area contributed by atoms with Crippen molar-refractivity contribution in [1.29, 1.82) is 0 Å². The number of nitrogens with zero attached hydrogens (tertiary/aromatic N) is 4. The highest BCUT2D eigenvalue weighted by atomic mass is 35.5. The summed E-state index contributed by atoms with van der Waals surface area (Å²) < 4.78 is 47.3. The van der Waals surface area contributed by atoms with Gasteiger partial charge in [-0.3, -0.25) is 23.2 Å². The first-order valence-electron chi connectivity index (χ1n) is 16.0. The zero-order valence-corrected chi connectivity index (χ0v) is 31.1. The lowest BCUT2D eigenvalue weighted by Gasteiger charge is -2.27. The number of aliphatic hydroxyl groups excluding tert-OH is 2. The molecule has 2 aromatic heterocycles. The zero-order chi connectivity index (χ0) is 37.0. The number of benzene rings is 1. The smallest absolute Gasteiger partial charge is 0.361 e. The molecule has 0 radical (unpaired) electrons. The summed E-state index contributed by atoms with van der Waals surface area (Å²) in [5, 5.41) is 22.5. The van der Waals surface area contributed by atoms with Gasteiger partial charge in [-0.1, -0.05) is 30.3 Å². The van der Waals surface area contributed by atoms with Crippen LogP contribution in [0.2, 0.25) is 5.28 Å². The third-order valence-electron chi connectivity index (χ3n) is 7.97. The highest BCUT2D eigenvalue weighted by molar-refractivity contribution is 7.53. The van der Waals surface area contributed by atoms with Gasteiger partial charge in [0.1, 0.15) is 36.1 Å². The van der Waals surface area contributed by atoms with Gasteiger partial charge in [-0.2, -0.15) is 9.97 Å². The highest BCUT2D eigenvalue weighted by Gasteiger charge is 2.45. The monoisotopic (exact) mass is 740 g/mol. The van der Waals surface area contributed by atoms with Crippen LogP contribution < -0.4 is 4.90 Å². The van der Waals surface area contributed by atoms with Gasteiger partial charge in [0.2, 0.25) is 18.9 Å². The van der Waals surface area contributed by atoms with Crippen molar-refractivity contribution in [1.82, 2.24) is 14.5 Å². The van der Waals surface area contributed by atoms with Gasteiger partial charge in [0.05, 0.1) is 28.9 Å². The molecule has 17 heteroatoms. The predicted molar refractivity (Wildman–Crippen MR) is 183 cm³/mol. The lowest BCUT2D eigenvalue weighted by atomic mass is 9.98. The number of hydrogen-bond donors (Lipinski definition) is 2. The maximum absolute atomic E-state index is 13.5. The third-order valence-corrected chi connectivity index (χ3v) is 9.63. The molecule has 0 bridgehead atoms. The Balaban J connectivity index is 1.45. The molecule has 1 fully saturated rings. The summed E-state index contributed by atoms with van der Waals surface area (Å²) in [5.74, 6) is -0.666. The van der Waals surface area contributed by atoms with Gasteiger partial charge in [0.15, 0.2) is 6.23 Å². The molecule has 2 N–H and O–H groups in total. The summed E-state index contributed by atoms with van der Waals surface area (Å²) in [6, 6.07) is 11.6. The minimum absolute atomic E-state index is 0.0235. The molecular weight excluding hydrogens is 695 g/mol. The number of carbonyl (C=O) groups is 2. The van der Waals surface area contributed by atoms with Gasteiger partial charge in [-0.25, -0.2) is 0 Å². The van der Waals surface area contributed by atoms with E-state index in [0.717, 1.165) is 5.56 Å². The number of ether oxygens (including phenoxy) is 4. The standard InChI is InChI=1S/C33H46ClN4O11P/c1-20(21-12-10-9-11-13-21)37(8)26-22-14-15-38(27(22)36-31(34)35-26)28-25(40)24(39)23(49-28)16-44-19-50(43,47-17-45-29(41)32(2,3)4)48-18-46-30(42)33(5,6)7/h9-15,20,23-25,28,39-40H,16-19H2,1-8H3/t20?,23-,24-,25-,28-/m1/s1. The van der Waals surface area contributed by atoms with E-state index in [0.29, 0.717) is 16.9 Å². The largest absolute Gasteiger partial charge is 0.438 e. The maximum atomic E-state index is 13.5. The van der Waals surface area contributed by atoms with Crippen LogP contribution in [0.5, 0.6) is 0 Å². The van der Waals surface area contributed by atoms with Gasteiger partial charge in [0, 0.05) is 13.2 Å². The average molecular weight is 741 g/mol. The fourth-order valence-electron chi connectivity index (χ4n) is 4.85. The van der Waals surface area contributed by atoms with Crippen molar-refractivity contribution in [2.45, 2.75) is 79.0 Å². The van der Waals surface area contributed by atoms with E-state index >= 15 is 0 Å². The van der Waals surface area contributed by atoms with E-state index in [9.17, 15) is 24.4 Å². The van der Waals surface area contributed by atoms with E-state index in [1.165, 1.54) is 0 Å². The van der Waals surface area contributed by atoms with Gasteiger partial charge in [-0.05, 0) is 71.7 Å². The molecule has 1 aromatic carbocycles. The van der Waals surface area contributed by atoms with E-state index in [1.54, 1.807) is 58.4 Å².